The molecule has 0 heterocycles. The van der Waals surface area contributed by atoms with Crippen LogP contribution in [-0.2, 0) is 9.59 Å². The van der Waals surface area contributed by atoms with Gasteiger partial charge < -0.3 is 10.6 Å². The van der Waals surface area contributed by atoms with Gasteiger partial charge in [-0.2, -0.15) is 0 Å². The van der Waals surface area contributed by atoms with E-state index in [9.17, 15) is 9.59 Å². The Labute approximate surface area is 145 Å². The molecule has 0 aliphatic carbocycles. The number of hydrogen-bond acceptors (Lipinski definition) is 3. The molecule has 1 aromatic carbocycles. The summed E-state index contributed by atoms with van der Waals surface area (Å²) in [5.74, 6) is 0.184. The molecule has 0 spiro atoms. The summed E-state index contributed by atoms with van der Waals surface area (Å²) in [4.78, 5) is 25.9. The zero-order valence-electron chi connectivity index (χ0n) is 15.5. The maximum absolute atomic E-state index is 12.4. The molecule has 5 heteroatoms. The molecule has 0 aliphatic rings. The van der Waals surface area contributed by atoms with Crippen LogP contribution in [0.5, 0.6) is 0 Å². The molecular formula is C19H31N3O2. The Kier molecular flexibility index (Phi) is 8.47. The van der Waals surface area contributed by atoms with Crippen molar-refractivity contribution < 1.29 is 9.59 Å². The number of nitrogens with zero attached hydrogens (tertiary/aromatic N) is 1. The molecule has 0 bridgehead atoms. The van der Waals surface area contributed by atoms with Crippen LogP contribution in [0.15, 0.2) is 30.3 Å². The van der Waals surface area contributed by atoms with Gasteiger partial charge in [0.15, 0.2) is 0 Å². The third-order valence-corrected chi connectivity index (χ3v) is 4.17. The van der Waals surface area contributed by atoms with Gasteiger partial charge in [0, 0.05) is 18.5 Å². The number of benzene rings is 1. The fraction of sp³-hybridized carbons (Fsp3) is 0.579. The van der Waals surface area contributed by atoms with Crippen LogP contribution in [0.3, 0.4) is 0 Å². The van der Waals surface area contributed by atoms with Crippen molar-refractivity contribution in [3.05, 3.63) is 35.9 Å². The smallest absolute Gasteiger partial charge is 0.237 e. The Morgan fingerprint density at radius 1 is 1.12 bits per heavy atom. The lowest BCUT2D eigenvalue weighted by molar-refractivity contribution is -0.127. The summed E-state index contributed by atoms with van der Waals surface area (Å²) in [5, 5.41) is 5.85. The van der Waals surface area contributed by atoms with Gasteiger partial charge in [-0.15, -0.1) is 0 Å². The molecule has 1 aromatic rings. The van der Waals surface area contributed by atoms with Crippen LogP contribution in [0.2, 0.25) is 0 Å². The maximum atomic E-state index is 12.4. The average molecular weight is 333 g/mol. The standard InChI is InChI=1S/C19H31N3O2/c1-6-16(17-10-8-7-9-11-17)12-20-19(24)15(4)22(5)13-18(23)21-14(2)3/h7-11,14-16H,6,12-13H2,1-5H3,(H,20,24)(H,21,23)/t15-,16+/m1/s1. The summed E-state index contributed by atoms with van der Waals surface area (Å²) in [5.41, 5.74) is 1.23. The van der Waals surface area contributed by atoms with E-state index < -0.39 is 0 Å². The van der Waals surface area contributed by atoms with Crippen molar-refractivity contribution in [3.8, 4) is 0 Å². The quantitative estimate of drug-likeness (QED) is 0.728. The van der Waals surface area contributed by atoms with Crippen molar-refractivity contribution in [2.75, 3.05) is 20.1 Å². The molecule has 0 saturated carbocycles. The molecule has 134 valence electrons. The number of amides is 2. The molecule has 0 aromatic heterocycles. The molecule has 2 amide bonds. The van der Waals surface area contributed by atoms with E-state index in [4.69, 9.17) is 0 Å². The first-order valence-corrected chi connectivity index (χ1v) is 8.67. The molecule has 0 fully saturated rings. The number of carbonyl (C=O) groups is 2. The van der Waals surface area contributed by atoms with E-state index in [2.05, 4.69) is 29.7 Å². The molecule has 0 aliphatic heterocycles. The molecule has 5 nitrogen and oxygen atoms in total. The van der Waals surface area contributed by atoms with Crippen molar-refractivity contribution in [2.45, 2.75) is 52.1 Å². The van der Waals surface area contributed by atoms with Gasteiger partial charge >= 0.3 is 0 Å². The topological polar surface area (TPSA) is 61.4 Å². The lowest BCUT2D eigenvalue weighted by atomic mass is 9.96. The van der Waals surface area contributed by atoms with Crippen molar-refractivity contribution in [2.24, 2.45) is 0 Å². The van der Waals surface area contributed by atoms with Crippen LogP contribution < -0.4 is 10.6 Å². The number of hydrogen-bond donors (Lipinski definition) is 2. The van der Waals surface area contributed by atoms with E-state index >= 15 is 0 Å². The van der Waals surface area contributed by atoms with Crippen LogP contribution in [0.4, 0.5) is 0 Å². The molecule has 24 heavy (non-hydrogen) atoms. The normalized spacial score (nSPS) is 13.6. The molecule has 0 radical (unpaired) electrons. The van der Waals surface area contributed by atoms with E-state index in [1.807, 2.05) is 39.0 Å². The molecule has 0 saturated heterocycles. The second-order valence-electron chi connectivity index (χ2n) is 6.57. The first-order valence-electron chi connectivity index (χ1n) is 8.67. The predicted octanol–water partition coefficient (Wildman–Crippen LogP) is 2.14. The van der Waals surface area contributed by atoms with Crippen LogP contribution >= 0.6 is 0 Å². The average Bonchev–Trinajstić information content (AvgIpc) is 2.54. The minimum atomic E-state index is -0.351. The predicted molar refractivity (Wildman–Crippen MR) is 97.9 cm³/mol. The third-order valence-electron chi connectivity index (χ3n) is 4.17. The number of rotatable bonds is 9. The van der Waals surface area contributed by atoms with E-state index in [0.717, 1.165) is 6.42 Å². The molecule has 2 N–H and O–H groups in total. The highest BCUT2D eigenvalue weighted by atomic mass is 16.2. The summed E-state index contributed by atoms with van der Waals surface area (Å²) in [6.07, 6.45) is 0.964. The Morgan fingerprint density at radius 3 is 2.29 bits per heavy atom. The minimum Gasteiger partial charge on any atom is -0.354 e. The number of carbonyl (C=O) groups excluding carboxylic acids is 2. The molecule has 1 rings (SSSR count). The van der Waals surface area contributed by atoms with Crippen LogP contribution in [0.25, 0.3) is 0 Å². The minimum absolute atomic E-state index is 0.0516. The molecule has 0 unspecified atom stereocenters. The van der Waals surface area contributed by atoms with Gasteiger partial charge in [0.2, 0.25) is 11.8 Å². The summed E-state index contributed by atoms with van der Waals surface area (Å²) >= 11 is 0. The Bertz CT molecular complexity index is 517. The molecular weight excluding hydrogens is 302 g/mol. The zero-order valence-corrected chi connectivity index (χ0v) is 15.5. The van der Waals surface area contributed by atoms with Gasteiger partial charge in [-0.1, -0.05) is 37.3 Å². The van der Waals surface area contributed by atoms with Gasteiger partial charge in [0.05, 0.1) is 12.6 Å². The van der Waals surface area contributed by atoms with E-state index in [0.29, 0.717) is 12.5 Å². The van der Waals surface area contributed by atoms with Crippen molar-refractivity contribution >= 4 is 11.8 Å². The SMILES string of the molecule is CC[C@@H](CNC(=O)[C@@H](C)N(C)CC(=O)NC(C)C)c1ccccc1. The Morgan fingerprint density at radius 2 is 1.75 bits per heavy atom. The number of likely N-dealkylation sites (N-methyl/N-ethyl adjacent to an activating group) is 1. The fourth-order valence-electron chi connectivity index (χ4n) is 2.53. The van der Waals surface area contributed by atoms with E-state index in [-0.39, 0.29) is 30.4 Å². The second-order valence-corrected chi connectivity index (χ2v) is 6.57. The fourth-order valence-corrected chi connectivity index (χ4v) is 2.53. The maximum Gasteiger partial charge on any atom is 0.237 e. The zero-order chi connectivity index (χ0) is 18.1. The highest BCUT2D eigenvalue weighted by molar-refractivity contribution is 5.83. The van der Waals surface area contributed by atoms with E-state index in [1.165, 1.54) is 5.56 Å². The Hall–Kier alpha value is -1.88. The van der Waals surface area contributed by atoms with Gasteiger partial charge in [0.25, 0.3) is 0 Å². The second kappa shape index (κ2) is 10.1. The van der Waals surface area contributed by atoms with E-state index in [1.54, 1.807) is 11.9 Å². The Balaban J connectivity index is 2.49. The lowest BCUT2D eigenvalue weighted by Gasteiger charge is -2.25. The summed E-state index contributed by atoms with van der Waals surface area (Å²) in [6, 6.07) is 9.96. The van der Waals surface area contributed by atoms with Crippen molar-refractivity contribution in [1.29, 1.82) is 0 Å². The highest BCUT2D eigenvalue weighted by Crippen LogP contribution is 2.18. The van der Waals surface area contributed by atoms with Crippen molar-refractivity contribution in [3.63, 3.8) is 0 Å². The summed E-state index contributed by atoms with van der Waals surface area (Å²) < 4.78 is 0. The van der Waals surface area contributed by atoms with Gasteiger partial charge in [-0.05, 0) is 39.8 Å². The van der Waals surface area contributed by atoms with Crippen LogP contribution in [0, 0.1) is 0 Å². The third kappa shape index (κ3) is 6.71. The first kappa shape index (κ1) is 20.2. The van der Waals surface area contributed by atoms with Gasteiger partial charge in [0.1, 0.15) is 0 Å². The largest absolute Gasteiger partial charge is 0.354 e. The first-order chi connectivity index (χ1) is 11.3. The summed E-state index contributed by atoms with van der Waals surface area (Å²) in [6.45, 7) is 8.60. The van der Waals surface area contributed by atoms with Gasteiger partial charge in [-0.25, -0.2) is 0 Å². The van der Waals surface area contributed by atoms with Crippen LogP contribution in [0.1, 0.15) is 45.6 Å². The highest BCUT2D eigenvalue weighted by Gasteiger charge is 2.21. The van der Waals surface area contributed by atoms with Crippen LogP contribution in [-0.4, -0.2) is 48.9 Å². The van der Waals surface area contributed by atoms with Crippen molar-refractivity contribution in [1.82, 2.24) is 15.5 Å². The summed E-state index contributed by atoms with van der Waals surface area (Å²) in [7, 11) is 1.79. The number of nitrogens with one attached hydrogen (secondary N) is 2. The van der Waals surface area contributed by atoms with Gasteiger partial charge in [-0.3, -0.25) is 14.5 Å². The molecule has 2 atom stereocenters. The lowest BCUT2D eigenvalue weighted by Crippen LogP contribution is -2.48. The monoisotopic (exact) mass is 333 g/mol.